The van der Waals surface area contributed by atoms with Crippen molar-refractivity contribution in [2.24, 2.45) is 0 Å². The molecule has 0 aliphatic heterocycles. The minimum absolute atomic E-state index is 0.00570. The fourth-order valence-electron chi connectivity index (χ4n) is 1.92. The molecule has 0 aliphatic rings. The smallest absolute Gasteiger partial charge is 0.339 e. The van der Waals surface area contributed by atoms with Gasteiger partial charge in [0.1, 0.15) is 5.82 Å². The van der Waals surface area contributed by atoms with Crippen LogP contribution < -0.4 is 10.1 Å². The van der Waals surface area contributed by atoms with Gasteiger partial charge in [-0.2, -0.15) is 0 Å². The largest absolute Gasteiger partial charge is 0.490 e. The van der Waals surface area contributed by atoms with Gasteiger partial charge in [0.2, 0.25) is 0 Å². The van der Waals surface area contributed by atoms with Crippen LogP contribution in [0, 0.1) is 10.1 Å². The van der Waals surface area contributed by atoms with Crippen molar-refractivity contribution in [3.8, 4) is 5.75 Å². The van der Waals surface area contributed by atoms with E-state index >= 15 is 0 Å². The van der Waals surface area contributed by atoms with Crippen molar-refractivity contribution in [1.29, 1.82) is 0 Å². The Kier molecular flexibility index (Phi) is 6.07. The van der Waals surface area contributed by atoms with Crippen LogP contribution in [0.4, 0.5) is 11.5 Å². The summed E-state index contributed by atoms with van der Waals surface area (Å²) in [7, 11) is 1.28. The molecule has 2 aromatic rings. The number of nitrogens with zero attached hydrogens (tertiary/aromatic N) is 2. The van der Waals surface area contributed by atoms with Crippen LogP contribution in [-0.2, 0) is 9.53 Å². The molecule has 0 radical (unpaired) electrons. The van der Waals surface area contributed by atoms with E-state index in [1.54, 1.807) is 0 Å². The Labute approximate surface area is 153 Å². The number of rotatable bonds is 6. The Morgan fingerprint density at radius 1 is 1.31 bits per heavy atom. The molecule has 1 heterocycles. The number of benzene rings is 1. The summed E-state index contributed by atoms with van der Waals surface area (Å²) in [5, 5.41) is 13.9. The van der Waals surface area contributed by atoms with Crippen LogP contribution in [0.25, 0.3) is 0 Å². The maximum atomic E-state index is 12.1. The number of esters is 1. The first kappa shape index (κ1) is 19.1. The molecule has 9 nitrogen and oxygen atoms in total. The lowest BCUT2D eigenvalue weighted by Gasteiger charge is -2.13. The zero-order valence-electron chi connectivity index (χ0n) is 13.8. The fourth-order valence-corrected chi connectivity index (χ4v) is 2.03. The minimum atomic E-state index is -1.15. The van der Waals surface area contributed by atoms with Gasteiger partial charge in [0, 0.05) is 12.3 Å². The number of nitro benzene ring substituents is 1. The van der Waals surface area contributed by atoms with Crippen LogP contribution in [0.1, 0.15) is 17.3 Å². The number of amides is 1. The molecule has 0 fully saturated rings. The zero-order valence-corrected chi connectivity index (χ0v) is 14.5. The summed E-state index contributed by atoms with van der Waals surface area (Å²) in [4.78, 5) is 38.4. The van der Waals surface area contributed by atoms with Gasteiger partial charge in [-0.3, -0.25) is 14.9 Å². The zero-order chi connectivity index (χ0) is 19.3. The summed E-state index contributed by atoms with van der Waals surface area (Å²) in [5.74, 6) is -1.26. The predicted molar refractivity (Wildman–Crippen MR) is 92.4 cm³/mol. The van der Waals surface area contributed by atoms with Crippen molar-refractivity contribution >= 4 is 35.0 Å². The number of carbonyl (C=O) groups excluding carboxylic acids is 2. The molecule has 0 saturated carbocycles. The third-order valence-electron chi connectivity index (χ3n) is 3.24. The lowest BCUT2D eigenvalue weighted by molar-refractivity contribution is -0.385. The van der Waals surface area contributed by atoms with E-state index in [1.807, 2.05) is 0 Å². The third kappa shape index (κ3) is 4.67. The van der Waals surface area contributed by atoms with E-state index in [2.05, 4.69) is 10.3 Å². The Hall–Kier alpha value is -3.20. The molecule has 10 heteroatoms. The SMILES string of the molecule is COc1ccc(C(=O)O[C@H](C)C(=O)Nc2ccc(Cl)cn2)cc1[N+](=O)[O-]. The number of nitro groups is 1. The molecule has 2 rings (SSSR count). The number of methoxy groups -OCH3 is 1. The topological polar surface area (TPSA) is 121 Å². The standard InChI is InChI=1S/C16H14ClN3O6/c1-9(15(21)19-14-6-4-11(17)8-18-14)26-16(22)10-3-5-13(25-2)12(7-10)20(23)24/h3-9H,1-2H3,(H,18,19,21)/t9-/m1/s1. The maximum absolute atomic E-state index is 12.1. The highest BCUT2D eigenvalue weighted by Gasteiger charge is 2.23. The average molecular weight is 380 g/mol. The normalized spacial score (nSPS) is 11.3. The van der Waals surface area contributed by atoms with E-state index in [0.29, 0.717) is 5.02 Å². The molecule has 1 N–H and O–H groups in total. The van der Waals surface area contributed by atoms with Gasteiger partial charge in [0.05, 0.1) is 22.6 Å². The average Bonchev–Trinajstić information content (AvgIpc) is 2.62. The van der Waals surface area contributed by atoms with Gasteiger partial charge in [-0.15, -0.1) is 0 Å². The highest BCUT2D eigenvalue weighted by molar-refractivity contribution is 6.30. The van der Waals surface area contributed by atoms with Crippen molar-refractivity contribution in [1.82, 2.24) is 4.98 Å². The van der Waals surface area contributed by atoms with E-state index in [9.17, 15) is 19.7 Å². The summed E-state index contributed by atoms with van der Waals surface area (Å²) in [5.41, 5.74) is -0.466. The van der Waals surface area contributed by atoms with E-state index in [-0.39, 0.29) is 22.8 Å². The quantitative estimate of drug-likeness (QED) is 0.465. The number of anilines is 1. The molecular weight excluding hydrogens is 366 g/mol. The highest BCUT2D eigenvalue weighted by Crippen LogP contribution is 2.27. The molecule has 136 valence electrons. The molecule has 26 heavy (non-hydrogen) atoms. The van der Waals surface area contributed by atoms with E-state index in [1.165, 1.54) is 44.5 Å². The van der Waals surface area contributed by atoms with Crippen LogP contribution >= 0.6 is 11.6 Å². The number of carbonyl (C=O) groups is 2. The molecule has 0 unspecified atom stereocenters. The second-order valence-electron chi connectivity index (χ2n) is 5.04. The Morgan fingerprint density at radius 3 is 2.62 bits per heavy atom. The van der Waals surface area contributed by atoms with Crippen LogP contribution in [0.3, 0.4) is 0 Å². The van der Waals surface area contributed by atoms with Crippen molar-refractivity contribution in [2.45, 2.75) is 13.0 Å². The molecular formula is C16H14ClN3O6. The first-order valence-electron chi connectivity index (χ1n) is 7.27. The number of aromatic nitrogens is 1. The second-order valence-corrected chi connectivity index (χ2v) is 5.48. The van der Waals surface area contributed by atoms with Gasteiger partial charge in [-0.1, -0.05) is 11.6 Å². The van der Waals surface area contributed by atoms with Crippen LogP contribution in [0.5, 0.6) is 5.75 Å². The monoisotopic (exact) mass is 379 g/mol. The Bertz CT molecular complexity index is 840. The number of pyridine rings is 1. The number of nitrogens with one attached hydrogen (secondary N) is 1. The van der Waals surface area contributed by atoms with Gasteiger partial charge in [-0.25, -0.2) is 9.78 Å². The number of hydrogen-bond donors (Lipinski definition) is 1. The van der Waals surface area contributed by atoms with Crippen LogP contribution in [-0.4, -0.2) is 35.0 Å². The van der Waals surface area contributed by atoms with Gasteiger partial charge in [0.15, 0.2) is 11.9 Å². The summed E-state index contributed by atoms with van der Waals surface area (Å²) >= 11 is 5.70. The van der Waals surface area contributed by atoms with Gasteiger partial charge >= 0.3 is 11.7 Å². The summed E-state index contributed by atoms with van der Waals surface area (Å²) in [6.07, 6.45) is 0.200. The fraction of sp³-hybridized carbons (Fsp3) is 0.188. The highest BCUT2D eigenvalue weighted by atomic mass is 35.5. The first-order chi connectivity index (χ1) is 12.3. The second kappa shape index (κ2) is 8.26. The molecule has 0 spiro atoms. The Morgan fingerprint density at radius 2 is 2.04 bits per heavy atom. The number of halogens is 1. The van der Waals surface area contributed by atoms with Gasteiger partial charge in [-0.05, 0) is 31.2 Å². The predicted octanol–water partition coefficient (Wildman–Crippen LogP) is 2.84. The third-order valence-corrected chi connectivity index (χ3v) is 3.47. The molecule has 1 atom stereocenters. The van der Waals surface area contributed by atoms with E-state index in [0.717, 1.165) is 6.07 Å². The van der Waals surface area contributed by atoms with Gasteiger partial charge < -0.3 is 14.8 Å². The first-order valence-corrected chi connectivity index (χ1v) is 7.65. The lowest BCUT2D eigenvalue weighted by atomic mass is 10.2. The lowest BCUT2D eigenvalue weighted by Crippen LogP contribution is -2.30. The van der Waals surface area contributed by atoms with Crippen molar-refractivity contribution in [3.63, 3.8) is 0 Å². The van der Waals surface area contributed by atoms with E-state index < -0.39 is 22.9 Å². The number of hydrogen-bond acceptors (Lipinski definition) is 7. The minimum Gasteiger partial charge on any atom is -0.490 e. The number of ether oxygens (including phenoxy) is 2. The van der Waals surface area contributed by atoms with Crippen LogP contribution in [0.15, 0.2) is 36.5 Å². The Balaban J connectivity index is 2.06. The van der Waals surface area contributed by atoms with Crippen molar-refractivity contribution in [3.05, 3.63) is 57.2 Å². The molecule has 1 amide bonds. The molecule has 1 aromatic heterocycles. The molecule has 0 aliphatic carbocycles. The van der Waals surface area contributed by atoms with Crippen molar-refractivity contribution < 1.29 is 24.0 Å². The van der Waals surface area contributed by atoms with Gasteiger partial charge in [0.25, 0.3) is 5.91 Å². The summed E-state index contributed by atoms with van der Waals surface area (Å²) < 4.78 is 9.90. The summed E-state index contributed by atoms with van der Waals surface area (Å²) in [6, 6.07) is 6.63. The van der Waals surface area contributed by atoms with E-state index in [4.69, 9.17) is 21.1 Å². The van der Waals surface area contributed by atoms with Crippen LogP contribution in [0.2, 0.25) is 5.02 Å². The molecule has 0 saturated heterocycles. The molecule has 0 bridgehead atoms. The van der Waals surface area contributed by atoms with Crippen molar-refractivity contribution in [2.75, 3.05) is 12.4 Å². The summed E-state index contributed by atoms with van der Waals surface area (Å²) in [6.45, 7) is 1.36. The maximum Gasteiger partial charge on any atom is 0.339 e. The molecule has 1 aromatic carbocycles.